The summed E-state index contributed by atoms with van der Waals surface area (Å²) >= 11 is 12.6. The third-order valence-corrected chi connectivity index (χ3v) is 7.84. The number of hydrogen-bond donors (Lipinski definition) is 0. The number of carbonyl (C=O) groups is 2. The number of hydrogen-bond acceptors (Lipinski definition) is 7. The number of benzene rings is 3. The Morgan fingerprint density at radius 1 is 0.850 bits per heavy atom. The summed E-state index contributed by atoms with van der Waals surface area (Å²) in [5.41, 5.74) is 3.50. The van der Waals surface area contributed by atoms with Crippen molar-refractivity contribution in [1.29, 1.82) is 0 Å². The van der Waals surface area contributed by atoms with E-state index in [9.17, 15) is 9.59 Å². The summed E-state index contributed by atoms with van der Waals surface area (Å²) in [7, 11) is 0. The maximum atomic E-state index is 12.9. The molecule has 1 fully saturated rings. The van der Waals surface area contributed by atoms with E-state index in [0.29, 0.717) is 41.3 Å². The number of piperazine rings is 1. The lowest BCUT2D eigenvalue weighted by atomic mass is 10.1. The molecule has 10 heteroatoms. The number of ketones is 1. The Balaban J connectivity index is 1.52. The molecule has 1 amide bonds. The highest BCUT2D eigenvalue weighted by Crippen LogP contribution is 2.41. The Morgan fingerprint density at radius 2 is 1.48 bits per heavy atom. The molecule has 8 nitrogen and oxygen atoms in total. The number of Topliss-reactive ketones (excluding diaryl/α,β-unsaturated/α-hetero) is 1. The van der Waals surface area contributed by atoms with Gasteiger partial charge in [-0.1, -0.05) is 35.3 Å². The summed E-state index contributed by atoms with van der Waals surface area (Å²) in [6.45, 7) is 8.56. The minimum atomic E-state index is -0.461. The molecule has 0 aliphatic carbocycles. The van der Waals surface area contributed by atoms with E-state index in [1.54, 1.807) is 24.1 Å². The van der Waals surface area contributed by atoms with Crippen molar-refractivity contribution in [3.63, 3.8) is 0 Å². The van der Waals surface area contributed by atoms with Gasteiger partial charge in [-0.25, -0.2) is 5.01 Å². The van der Waals surface area contributed by atoms with Crippen molar-refractivity contribution in [2.45, 2.75) is 26.9 Å². The van der Waals surface area contributed by atoms with Crippen LogP contribution in [-0.2, 0) is 9.59 Å². The average Bonchev–Trinajstić information content (AvgIpc) is 3.36. The lowest BCUT2D eigenvalue weighted by Gasteiger charge is -2.36. The normalized spacial score (nSPS) is 17.2. The second-order valence-electron chi connectivity index (χ2n) is 9.68. The molecule has 2 aliphatic rings. The molecule has 0 spiro atoms. The van der Waals surface area contributed by atoms with E-state index in [-0.39, 0.29) is 11.7 Å². The largest absolute Gasteiger partial charge is 0.494 e. The molecule has 0 saturated carbocycles. The van der Waals surface area contributed by atoms with E-state index < -0.39 is 6.17 Å². The SMILES string of the molecule is CCOc1ccc([C@H]2N(c3ccc(Cl)c(Cl)c3)N=C(C(C)=O)N2c2ccc(N3CCN(C(C)=O)CC3)cc2)cc1. The first kappa shape index (κ1) is 27.8. The maximum Gasteiger partial charge on any atom is 0.219 e. The molecular weight excluding hydrogens is 549 g/mol. The highest BCUT2D eigenvalue weighted by molar-refractivity contribution is 6.44. The Hall–Kier alpha value is -3.75. The molecule has 1 atom stereocenters. The summed E-state index contributed by atoms with van der Waals surface area (Å²) in [5.74, 6) is 1.02. The molecule has 3 aromatic carbocycles. The van der Waals surface area contributed by atoms with E-state index in [4.69, 9.17) is 33.0 Å². The number of nitrogens with zero attached hydrogens (tertiary/aromatic N) is 5. The van der Waals surface area contributed by atoms with Crippen LogP contribution >= 0.6 is 23.2 Å². The third kappa shape index (κ3) is 5.60. The van der Waals surface area contributed by atoms with Crippen molar-refractivity contribution in [3.8, 4) is 5.75 Å². The molecule has 0 N–H and O–H groups in total. The summed E-state index contributed by atoms with van der Waals surface area (Å²) in [6.07, 6.45) is -0.461. The predicted molar refractivity (Wildman–Crippen MR) is 161 cm³/mol. The van der Waals surface area contributed by atoms with Gasteiger partial charge in [-0.15, -0.1) is 5.10 Å². The first-order chi connectivity index (χ1) is 19.3. The second-order valence-corrected chi connectivity index (χ2v) is 10.5. The fraction of sp³-hybridized carbons (Fsp3) is 0.300. The van der Waals surface area contributed by atoms with Crippen LogP contribution in [0.25, 0.3) is 0 Å². The van der Waals surface area contributed by atoms with Gasteiger partial charge in [0.15, 0.2) is 17.8 Å². The zero-order chi connectivity index (χ0) is 28.4. The molecule has 1 saturated heterocycles. The van der Waals surface area contributed by atoms with E-state index in [1.807, 2.05) is 71.3 Å². The smallest absolute Gasteiger partial charge is 0.219 e. The maximum absolute atomic E-state index is 12.9. The number of ether oxygens (including phenoxy) is 1. The van der Waals surface area contributed by atoms with Crippen molar-refractivity contribution >= 4 is 57.8 Å². The van der Waals surface area contributed by atoms with E-state index in [0.717, 1.165) is 35.8 Å². The molecule has 2 heterocycles. The molecule has 5 rings (SSSR count). The Morgan fingerprint density at radius 3 is 2.05 bits per heavy atom. The lowest BCUT2D eigenvalue weighted by molar-refractivity contribution is -0.129. The highest BCUT2D eigenvalue weighted by atomic mass is 35.5. The predicted octanol–water partition coefficient (Wildman–Crippen LogP) is 5.99. The van der Waals surface area contributed by atoms with Gasteiger partial charge >= 0.3 is 0 Å². The fourth-order valence-corrected chi connectivity index (χ4v) is 5.35. The van der Waals surface area contributed by atoms with Crippen LogP contribution in [0.2, 0.25) is 10.0 Å². The van der Waals surface area contributed by atoms with Gasteiger partial charge < -0.3 is 14.5 Å². The molecule has 0 unspecified atom stereocenters. The first-order valence-corrected chi connectivity index (χ1v) is 14.0. The van der Waals surface area contributed by atoms with Crippen LogP contribution in [0.15, 0.2) is 71.8 Å². The van der Waals surface area contributed by atoms with Crippen molar-refractivity contribution < 1.29 is 14.3 Å². The molecule has 0 aromatic heterocycles. The van der Waals surface area contributed by atoms with Gasteiger partial charge in [-0.2, -0.15) is 0 Å². The number of halogens is 2. The van der Waals surface area contributed by atoms with Crippen LogP contribution in [0.4, 0.5) is 17.1 Å². The van der Waals surface area contributed by atoms with E-state index >= 15 is 0 Å². The summed E-state index contributed by atoms with van der Waals surface area (Å²) in [4.78, 5) is 30.7. The quantitative estimate of drug-likeness (QED) is 0.342. The van der Waals surface area contributed by atoms with Crippen molar-refractivity contribution in [1.82, 2.24) is 4.90 Å². The Labute approximate surface area is 244 Å². The van der Waals surface area contributed by atoms with Crippen LogP contribution in [0, 0.1) is 0 Å². The highest BCUT2D eigenvalue weighted by Gasteiger charge is 2.39. The number of hydrazone groups is 1. The van der Waals surface area contributed by atoms with Crippen LogP contribution < -0.4 is 19.5 Å². The average molecular weight is 581 g/mol. The van der Waals surface area contributed by atoms with Gasteiger partial charge in [0.2, 0.25) is 5.91 Å². The lowest BCUT2D eigenvalue weighted by Crippen LogP contribution is -2.48. The standard InChI is InChI=1S/C30H31Cl2N5O3/c1-4-40-26-12-5-22(6-13-26)30-36(29(20(2)38)33-37(30)25-11-14-27(31)28(32)19-25)24-9-7-23(8-10-24)35-17-15-34(16-18-35)21(3)39/h5-14,19,30H,4,15-18H2,1-3H3/t30-/m1/s1. The van der Waals surface area contributed by atoms with Crippen LogP contribution in [0.1, 0.15) is 32.5 Å². The van der Waals surface area contributed by atoms with Gasteiger partial charge in [-0.05, 0) is 67.1 Å². The molecule has 0 bridgehead atoms. The second kappa shape index (κ2) is 11.8. The number of amides is 1. The molecule has 208 valence electrons. The van der Waals surface area contributed by atoms with Gasteiger partial charge in [0.1, 0.15) is 5.75 Å². The van der Waals surface area contributed by atoms with Gasteiger partial charge in [0.05, 0.1) is 22.3 Å². The van der Waals surface area contributed by atoms with Gasteiger partial charge in [0.25, 0.3) is 0 Å². The van der Waals surface area contributed by atoms with Crippen molar-refractivity contribution in [2.75, 3.05) is 47.6 Å². The Kier molecular flexibility index (Phi) is 8.19. The van der Waals surface area contributed by atoms with Gasteiger partial charge in [0, 0.05) is 51.4 Å². The minimum absolute atomic E-state index is 0.104. The molecule has 2 aliphatic heterocycles. The summed E-state index contributed by atoms with van der Waals surface area (Å²) in [6, 6.07) is 21.2. The third-order valence-electron chi connectivity index (χ3n) is 7.10. The van der Waals surface area contributed by atoms with Crippen LogP contribution in [0.3, 0.4) is 0 Å². The van der Waals surface area contributed by atoms with E-state index in [1.165, 1.54) is 6.92 Å². The fourth-order valence-electron chi connectivity index (χ4n) is 5.06. The number of anilines is 3. The molecule has 40 heavy (non-hydrogen) atoms. The van der Waals surface area contributed by atoms with Crippen LogP contribution in [-0.4, -0.2) is 55.2 Å². The zero-order valence-electron chi connectivity index (χ0n) is 22.7. The Bertz CT molecular complexity index is 1420. The zero-order valence-corrected chi connectivity index (χ0v) is 24.2. The van der Waals surface area contributed by atoms with Crippen molar-refractivity contribution in [3.05, 3.63) is 82.3 Å². The minimum Gasteiger partial charge on any atom is -0.494 e. The molecule has 3 aromatic rings. The number of carbonyl (C=O) groups excluding carboxylic acids is 2. The summed E-state index contributed by atoms with van der Waals surface area (Å²) < 4.78 is 5.66. The number of rotatable bonds is 7. The first-order valence-electron chi connectivity index (χ1n) is 13.2. The van der Waals surface area contributed by atoms with E-state index in [2.05, 4.69) is 4.90 Å². The molecular formula is C30H31Cl2N5O3. The van der Waals surface area contributed by atoms with Gasteiger partial charge in [-0.3, -0.25) is 14.5 Å². The van der Waals surface area contributed by atoms with Crippen molar-refractivity contribution in [2.24, 2.45) is 5.10 Å². The number of amidine groups is 1. The summed E-state index contributed by atoms with van der Waals surface area (Å²) in [5, 5.41) is 7.42. The van der Waals surface area contributed by atoms with Crippen LogP contribution in [0.5, 0.6) is 5.75 Å². The monoisotopic (exact) mass is 579 g/mol. The molecule has 0 radical (unpaired) electrons. The topological polar surface area (TPSA) is 68.7 Å².